The topological polar surface area (TPSA) is 128 Å². The molecule has 0 bridgehead atoms. The molecule has 0 saturated heterocycles. The van der Waals surface area contributed by atoms with E-state index in [0.29, 0.717) is 5.56 Å². The lowest BCUT2D eigenvalue weighted by Gasteiger charge is -2.09. The van der Waals surface area contributed by atoms with E-state index >= 15 is 0 Å². The van der Waals surface area contributed by atoms with Crippen LogP contribution in [0.5, 0.6) is 11.5 Å². The summed E-state index contributed by atoms with van der Waals surface area (Å²) in [6.45, 7) is 0.948. The van der Waals surface area contributed by atoms with Gasteiger partial charge in [0.05, 0.1) is 12.0 Å². The second kappa shape index (κ2) is 7.97. The summed E-state index contributed by atoms with van der Waals surface area (Å²) in [5.41, 5.74) is 0.365. The Labute approximate surface area is 148 Å². The summed E-state index contributed by atoms with van der Waals surface area (Å²) < 4.78 is 9.73. The average Bonchev–Trinajstić information content (AvgIpc) is 2.61. The van der Waals surface area contributed by atoms with Crippen LogP contribution in [0.3, 0.4) is 0 Å². The van der Waals surface area contributed by atoms with Gasteiger partial charge in [0.2, 0.25) is 0 Å². The maximum Gasteiger partial charge on any atom is 0.342 e. The number of esters is 1. The molecule has 0 atom stereocenters. The molecule has 9 nitrogen and oxygen atoms in total. The molecular formula is C17H16N2O7. The molecule has 0 spiro atoms. The predicted octanol–water partition coefficient (Wildman–Crippen LogP) is 2.41. The second-order valence-electron chi connectivity index (χ2n) is 5.24. The molecule has 0 aromatic heterocycles. The van der Waals surface area contributed by atoms with Crippen molar-refractivity contribution < 1.29 is 29.1 Å². The number of phenolic OH excluding ortho intramolecular Hbond substituents is 1. The van der Waals surface area contributed by atoms with E-state index in [4.69, 9.17) is 9.47 Å². The molecule has 136 valence electrons. The first-order valence-corrected chi connectivity index (χ1v) is 7.41. The molecule has 0 aliphatic carbocycles. The number of benzene rings is 2. The molecule has 2 aromatic rings. The first kappa shape index (κ1) is 18.7. The number of nitro groups is 1. The number of nitrogens with one attached hydrogen (secondary N) is 1. The Morgan fingerprint density at radius 2 is 2.00 bits per heavy atom. The van der Waals surface area contributed by atoms with Gasteiger partial charge in [-0.1, -0.05) is 12.1 Å². The summed E-state index contributed by atoms with van der Waals surface area (Å²) in [4.78, 5) is 34.2. The van der Waals surface area contributed by atoms with Crippen LogP contribution in [0.1, 0.15) is 15.9 Å². The number of para-hydroxylation sites is 1. The molecule has 1 amide bonds. The van der Waals surface area contributed by atoms with Crippen LogP contribution in [0.15, 0.2) is 36.4 Å². The van der Waals surface area contributed by atoms with Gasteiger partial charge in [-0.05, 0) is 25.1 Å². The fourth-order valence-corrected chi connectivity index (χ4v) is 2.14. The third-order valence-corrected chi connectivity index (χ3v) is 3.46. The molecule has 2 rings (SSSR count). The maximum atomic E-state index is 12.0. The van der Waals surface area contributed by atoms with Crippen LogP contribution in [-0.4, -0.2) is 35.6 Å². The normalized spacial score (nSPS) is 10.1. The van der Waals surface area contributed by atoms with Crippen molar-refractivity contribution >= 4 is 23.3 Å². The highest BCUT2D eigenvalue weighted by Gasteiger charge is 2.18. The Hall–Kier alpha value is -3.62. The van der Waals surface area contributed by atoms with Crippen LogP contribution < -0.4 is 10.1 Å². The van der Waals surface area contributed by atoms with Crippen molar-refractivity contribution in [3.05, 3.63) is 57.6 Å². The molecule has 2 N–H and O–H groups in total. The van der Waals surface area contributed by atoms with Crippen LogP contribution in [0, 0.1) is 17.0 Å². The van der Waals surface area contributed by atoms with Gasteiger partial charge in [0.15, 0.2) is 18.1 Å². The van der Waals surface area contributed by atoms with E-state index < -0.39 is 29.2 Å². The monoisotopic (exact) mass is 360 g/mol. The van der Waals surface area contributed by atoms with Crippen molar-refractivity contribution in [3.8, 4) is 11.5 Å². The minimum atomic E-state index is -0.911. The number of nitrogens with zero attached hydrogens (tertiary/aromatic N) is 1. The third-order valence-electron chi connectivity index (χ3n) is 3.46. The van der Waals surface area contributed by atoms with Gasteiger partial charge in [-0.15, -0.1) is 0 Å². The van der Waals surface area contributed by atoms with Gasteiger partial charge >= 0.3 is 5.97 Å². The SMILES string of the molecule is COc1cccc(C(=O)OCC(=O)Nc2ccc(C)c([N+](=O)[O-])c2)c1O. The van der Waals surface area contributed by atoms with Gasteiger partial charge in [0.1, 0.15) is 5.56 Å². The quantitative estimate of drug-likeness (QED) is 0.460. The molecule has 0 saturated carbocycles. The van der Waals surface area contributed by atoms with Crippen molar-refractivity contribution in [1.82, 2.24) is 0 Å². The van der Waals surface area contributed by atoms with Crippen LogP contribution in [0.25, 0.3) is 0 Å². The van der Waals surface area contributed by atoms with E-state index in [9.17, 15) is 24.8 Å². The van der Waals surface area contributed by atoms with Gasteiger partial charge in [0.25, 0.3) is 11.6 Å². The minimum absolute atomic E-state index is 0.0934. The number of anilines is 1. The van der Waals surface area contributed by atoms with Crippen molar-refractivity contribution in [3.63, 3.8) is 0 Å². The van der Waals surface area contributed by atoms with Gasteiger partial charge in [0, 0.05) is 17.3 Å². The number of phenols is 1. The van der Waals surface area contributed by atoms with Crippen LogP contribution in [0.4, 0.5) is 11.4 Å². The fraction of sp³-hybridized carbons (Fsp3) is 0.176. The summed E-state index contributed by atoms with van der Waals surface area (Å²) in [5, 5.41) is 23.2. The summed E-state index contributed by atoms with van der Waals surface area (Å²) in [5.74, 6) is -1.89. The molecule has 26 heavy (non-hydrogen) atoms. The van der Waals surface area contributed by atoms with Crippen molar-refractivity contribution in [1.29, 1.82) is 0 Å². The Kier molecular flexibility index (Phi) is 5.74. The zero-order valence-corrected chi connectivity index (χ0v) is 14.0. The lowest BCUT2D eigenvalue weighted by atomic mass is 10.2. The number of aryl methyl sites for hydroxylation is 1. The zero-order chi connectivity index (χ0) is 19.3. The second-order valence-corrected chi connectivity index (χ2v) is 5.24. The minimum Gasteiger partial charge on any atom is -0.504 e. The molecule has 0 unspecified atom stereocenters. The number of amides is 1. The highest BCUT2D eigenvalue weighted by atomic mass is 16.6. The maximum absolute atomic E-state index is 12.0. The standard InChI is InChI=1S/C17H16N2O7/c1-10-6-7-11(8-13(10)19(23)24)18-15(20)9-26-17(22)12-4-3-5-14(25-2)16(12)21/h3-8,21H,9H2,1-2H3,(H,18,20). The highest BCUT2D eigenvalue weighted by Crippen LogP contribution is 2.29. The molecule has 0 fully saturated rings. The van der Waals surface area contributed by atoms with Crippen LogP contribution in [0.2, 0.25) is 0 Å². The van der Waals surface area contributed by atoms with E-state index in [2.05, 4.69) is 5.32 Å². The highest BCUT2D eigenvalue weighted by molar-refractivity contribution is 5.97. The Morgan fingerprint density at radius 1 is 1.27 bits per heavy atom. The number of nitro benzene ring substituents is 1. The summed E-state index contributed by atoms with van der Waals surface area (Å²) in [6.07, 6.45) is 0. The molecular weight excluding hydrogens is 344 g/mol. The van der Waals surface area contributed by atoms with Gasteiger partial charge in [-0.25, -0.2) is 4.79 Å². The zero-order valence-electron chi connectivity index (χ0n) is 14.0. The number of ether oxygens (including phenoxy) is 2. The van der Waals surface area contributed by atoms with Crippen molar-refractivity contribution in [2.75, 3.05) is 19.0 Å². The molecule has 0 heterocycles. The lowest BCUT2D eigenvalue weighted by molar-refractivity contribution is -0.385. The number of carbonyl (C=O) groups is 2. The van der Waals surface area contributed by atoms with Gasteiger partial charge in [-0.2, -0.15) is 0 Å². The molecule has 0 aliphatic rings. The van der Waals surface area contributed by atoms with E-state index in [1.807, 2.05) is 0 Å². The van der Waals surface area contributed by atoms with E-state index in [1.165, 1.54) is 43.5 Å². The summed E-state index contributed by atoms with van der Waals surface area (Å²) >= 11 is 0. The van der Waals surface area contributed by atoms with Gasteiger partial charge in [-0.3, -0.25) is 14.9 Å². The van der Waals surface area contributed by atoms with Crippen LogP contribution >= 0.6 is 0 Å². The number of rotatable bonds is 6. The Bertz CT molecular complexity index is 864. The molecule has 9 heteroatoms. The fourth-order valence-electron chi connectivity index (χ4n) is 2.14. The summed E-state index contributed by atoms with van der Waals surface area (Å²) in [7, 11) is 1.33. The Morgan fingerprint density at radius 3 is 2.65 bits per heavy atom. The number of carbonyl (C=O) groups excluding carboxylic acids is 2. The number of hydrogen-bond donors (Lipinski definition) is 2. The predicted molar refractivity (Wildman–Crippen MR) is 91.4 cm³/mol. The van der Waals surface area contributed by atoms with E-state index in [1.54, 1.807) is 6.92 Å². The van der Waals surface area contributed by atoms with Gasteiger partial charge < -0.3 is 19.9 Å². The summed E-state index contributed by atoms with van der Waals surface area (Å²) in [6, 6.07) is 8.47. The number of hydrogen-bond acceptors (Lipinski definition) is 7. The number of methoxy groups -OCH3 is 1. The average molecular weight is 360 g/mol. The van der Waals surface area contributed by atoms with E-state index in [0.717, 1.165) is 0 Å². The molecule has 2 aromatic carbocycles. The first-order valence-electron chi connectivity index (χ1n) is 7.41. The molecule has 0 aliphatic heterocycles. The number of aromatic hydroxyl groups is 1. The van der Waals surface area contributed by atoms with E-state index in [-0.39, 0.29) is 22.7 Å². The molecule has 0 radical (unpaired) electrons. The first-order chi connectivity index (χ1) is 12.3. The Balaban J connectivity index is 2.00. The van der Waals surface area contributed by atoms with Crippen molar-refractivity contribution in [2.45, 2.75) is 6.92 Å². The third kappa shape index (κ3) is 4.26. The van der Waals surface area contributed by atoms with Crippen molar-refractivity contribution in [2.24, 2.45) is 0 Å². The van der Waals surface area contributed by atoms with Crippen LogP contribution in [-0.2, 0) is 9.53 Å². The largest absolute Gasteiger partial charge is 0.504 e. The smallest absolute Gasteiger partial charge is 0.342 e. The lowest BCUT2D eigenvalue weighted by Crippen LogP contribution is -2.21.